The number of benzene rings is 1. The Labute approximate surface area is 121 Å². The van der Waals surface area contributed by atoms with Crippen LogP contribution in [0.1, 0.15) is 20.7 Å². The summed E-state index contributed by atoms with van der Waals surface area (Å²) in [5, 5.41) is 6.08. The Morgan fingerprint density at radius 2 is 1.71 bits per heavy atom. The van der Waals surface area contributed by atoms with Gasteiger partial charge in [0.15, 0.2) is 0 Å². The van der Waals surface area contributed by atoms with E-state index in [0.29, 0.717) is 22.6 Å². The van der Waals surface area contributed by atoms with Crippen molar-refractivity contribution in [3.8, 4) is 0 Å². The normalized spacial score (nSPS) is 13.3. The zero-order chi connectivity index (χ0) is 15.0. The highest BCUT2D eigenvalue weighted by atomic mass is 16.2. The average Bonchev–Trinajstić information content (AvgIpc) is 2.72. The monoisotopic (exact) mass is 282 g/mol. The minimum Gasteiger partial charge on any atom is -0.373 e. The molecule has 0 saturated carbocycles. The van der Waals surface area contributed by atoms with E-state index in [1.54, 1.807) is 25.2 Å². The van der Waals surface area contributed by atoms with Crippen LogP contribution in [0.15, 0.2) is 36.4 Å². The second kappa shape index (κ2) is 4.90. The fourth-order valence-corrected chi connectivity index (χ4v) is 2.23. The van der Waals surface area contributed by atoms with Crippen LogP contribution >= 0.6 is 0 Å². The van der Waals surface area contributed by atoms with E-state index < -0.39 is 0 Å². The Hall–Kier alpha value is -2.89. The Morgan fingerprint density at radius 3 is 2.48 bits per heavy atom. The molecule has 2 heterocycles. The highest BCUT2D eigenvalue weighted by molar-refractivity contribution is 6.21. The summed E-state index contributed by atoms with van der Waals surface area (Å²) >= 11 is 0. The molecule has 0 spiro atoms. The van der Waals surface area contributed by atoms with Gasteiger partial charge in [0, 0.05) is 19.8 Å². The molecule has 0 fully saturated rings. The largest absolute Gasteiger partial charge is 0.373 e. The number of rotatable bonds is 3. The minimum absolute atomic E-state index is 0.267. The lowest BCUT2D eigenvalue weighted by Crippen LogP contribution is -2.24. The van der Waals surface area contributed by atoms with E-state index in [1.165, 1.54) is 7.05 Å². The summed E-state index contributed by atoms with van der Waals surface area (Å²) in [6.45, 7) is 0. The molecule has 1 aromatic heterocycles. The molecule has 0 bridgehead atoms. The lowest BCUT2D eigenvalue weighted by Gasteiger charge is -2.08. The second-order valence-corrected chi connectivity index (χ2v) is 4.71. The number of hydrogen-bond donors (Lipinski definition) is 2. The predicted molar refractivity (Wildman–Crippen MR) is 79.9 cm³/mol. The third-order valence-corrected chi connectivity index (χ3v) is 3.37. The number of nitrogens with zero attached hydrogens (tertiary/aromatic N) is 2. The number of carbonyl (C=O) groups is 2. The molecule has 2 amide bonds. The van der Waals surface area contributed by atoms with Crippen LogP contribution in [0.25, 0.3) is 0 Å². The van der Waals surface area contributed by atoms with Gasteiger partial charge in [-0.1, -0.05) is 6.07 Å². The van der Waals surface area contributed by atoms with Crippen molar-refractivity contribution in [3.63, 3.8) is 0 Å². The SMILES string of the molecule is CNc1cccc(Nc2ccc3c(c2)C(=O)N(C)C3=O)n1. The number of fused-ring (bicyclic) bond motifs is 1. The predicted octanol–water partition coefficient (Wildman–Crippen LogP) is 2.09. The van der Waals surface area contributed by atoms with Gasteiger partial charge in [0.1, 0.15) is 11.6 Å². The molecule has 0 aliphatic carbocycles. The quantitative estimate of drug-likeness (QED) is 0.843. The van der Waals surface area contributed by atoms with Crippen LogP contribution in [0.4, 0.5) is 17.3 Å². The van der Waals surface area contributed by atoms with E-state index in [9.17, 15) is 9.59 Å². The van der Waals surface area contributed by atoms with Gasteiger partial charge in [0.05, 0.1) is 11.1 Å². The van der Waals surface area contributed by atoms with Crippen LogP contribution in [-0.4, -0.2) is 35.8 Å². The molecule has 6 nitrogen and oxygen atoms in total. The Bertz CT molecular complexity index is 742. The molecular formula is C15H14N4O2. The molecule has 106 valence electrons. The van der Waals surface area contributed by atoms with Gasteiger partial charge in [-0.05, 0) is 30.3 Å². The summed E-state index contributed by atoms with van der Waals surface area (Å²) in [5.74, 6) is 0.853. The van der Waals surface area contributed by atoms with Crippen molar-refractivity contribution in [1.29, 1.82) is 0 Å². The molecule has 3 rings (SSSR count). The topological polar surface area (TPSA) is 74.3 Å². The van der Waals surface area contributed by atoms with Crippen LogP contribution in [0.3, 0.4) is 0 Å². The van der Waals surface area contributed by atoms with Crippen molar-refractivity contribution < 1.29 is 9.59 Å². The number of aromatic nitrogens is 1. The first-order valence-electron chi connectivity index (χ1n) is 6.48. The highest BCUT2D eigenvalue weighted by Gasteiger charge is 2.32. The molecule has 0 unspecified atom stereocenters. The summed E-state index contributed by atoms with van der Waals surface area (Å²) in [6, 6.07) is 10.6. The molecule has 0 atom stereocenters. The first kappa shape index (κ1) is 13.1. The number of pyridine rings is 1. The van der Waals surface area contributed by atoms with Crippen molar-refractivity contribution in [3.05, 3.63) is 47.5 Å². The Kier molecular flexibility index (Phi) is 3.06. The van der Waals surface area contributed by atoms with Crippen molar-refractivity contribution in [2.75, 3.05) is 24.7 Å². The molecule has 0 saturated heterocycles. The summed E-state index contributed by atoms with van der Waals surface area (Å²) in [4.78, 5) is 29.3. The standard InChI is InChI=1S/C15H14N4O2/c1-16-12-4-3-5-13(18-12)17-9-6-7-10-11(8-9)15(21)19(2)14(10)20/h3-8H,1-2H3,(H2,16,17,18). The average molecular weight is 282 g/mol. The van der Waals surface area contributed by atoms with Crippen molar-refractivity contribution in [2.45, 2.75) is 0 Å². The molecule has 2 aromatic rings. The number of carbonyl (C=O) groups excluding carboxylic acids is 2. The Balaban J connectivity index is 1.92. The molecule has 1 aromatic carbocycles. The maximum atomic E-state index is 12.0. The molecule has 6 heteroatoms. The zero-order valence-corrected chi connectivity index (χ0v) is 11.7. The van der Waals surface area contributed by atoms with Crippen molar-refractivity contribution >= 4 is 29.1 Å². The zero-order valence-electron chi connectivity index (χ0n) is 11.7. The third kappa shape index (κ3) is 2.20. The molecule has 21 heavy (non-hydrogen) atoms. The van der Waals surface area contributed by atoms with E-state index in [2.05, 4.69) is 15.6 Å². The van der Waals surface area contributed by atoms with Crippen LogP contribution in [-0.2, 0) is 0 Å². The smallest absolute Gasteiger partial charge is 0.261 e. The van der Waals surface area contributed by atoms with Gasteiger partial charge in [-0.3, -0.25) is 14.5 Å². The molecular weight excluding hydrogens is 268 g/mol. The fourth-order valence-electron chi connectivity index (χ4n) is 2.23. The van der Waals surface area contributed by atoms with Gasteiger partial charge in [0.2, 0.25) is 0 Å². The van der Waals surface area contributed by atoms with Crippen LogP contribution in [0.2, 0.25) is 0 Å². The van der Waals surface area contributed by atoms with E-state index in [1.807, 2.05) is 18.2 Å². The lowest BCUT2D eigenvalue weighted by atomic mass is 10.1. The van der Waals surface area contributed by atoms with E-state index in [0.717, 1.165) is 10.7 Å². The Morgan fingerprint density at radius 1 is 1.00 bits per heavy atom. The summed E-state index contributed by atoms with van der Waals surface area (Å²) in [7, 11) is 3.28. The molecule has 2 N–H and O–H groups in total. The number of hydrogen-bond acceptors (Lipinski definition) is 5. The van der Waals surface area contributed by atoms with Crippen LogP contribution in [0.5, 0.6) is 0 Å². The van der Waals surface area contributed by atoms with Gasteiger partial charge in [-0.25, -0.2) is 4.98 Å². The van der Waals surface area contributed by atoms with Crippen LogP contribution < -0.4 is 10.6 Å². The summed E-state index contributed by atoms with van der Waals surface area (Å²) in [6.07, 6.45) is 0. The van der Waals surface area contributed by atoms with Gasteiger partial charge in [0.25, 0.3) is 11.8 Å². The van der Waals surface area contributed by atoms with Gasteiger partial charge >= 0.3 is 0 Å². The number of imide groups is 1. The molecule has 1 aliphatic heterocycles. The second-order valence-electron chi connectivity index (χ2n) is 4.71. The highest BCUT2D eigenvalue weighted by Crippen LogP contribution is 2.26. The minimum atomic E-state index is -0.282. The maximum Gasteiger partial charge on any atom is 0.261 e. The molecule has 1 aliphatic rings. The van der Waals surface area contributed by atoms with Gasteiger partial charge < -0.3 is 10.6 Å². The van der Waals surface area contributed by atoms with E-state index in [-0.39, 0.29) is 11.8 Å². The molecule has 0 radical (unpaired) electrons. The number of amides is 2. The van der Waals surface area contributed by atoms with Crippen molar-refractivity contribution in [2.24, 2.45) is 0 Å². The van der Waals surface area contributed by atoms with E-state index >= 15 is 0 Å². The first-order valence-corrected chi connectivity index (χ1v) is 6.48. The van der Waals surface area contributed by atoms with E-state index in [4.69, 9.17) is 0 Å². The van der Waals surface area contributed by atoms with Crippen molar-refractivity contribution in [1.82, 2.24) is 9.88 Å². The first-order chi connectivity index (χ1) is 10.1. The fraction of sp³-hybridized carbons (Fsp3) is 0.133. The number of anilines is 3. The van der Waals surface area contributed by atoms with Gasteiger partial charge in [-0.15, -0.1) is 0 Å². The lowest BCUT2D eigenvalue weighted by molar-refractivity contribution is 0.0693. The summed E-state index contributed by atoms with van der Waals surface area (Å²) in [5.41, 5.74) is 1.56. The maximum absolute atomic E-state index is 12.0. The van der Waals surface area contributed by atoms with Crippen LogP contribution in [0, 0.1) is 0 Å². The summed E-state index contributed by atoms with van der Waals surface area (Å²) < 4.78 is 0. The number of nitrogens with one attached hydrogen (secondary N) is 2. The third-order valence-electron chi connectivity index (χ3n) is 3.37. The van der Waals surface area contributed by atoms with Gasteiger partial charge in [-0.2, -0.15) is 0 Å².